The molecule has 0 aliphatic carbocycles. The molecule has 0 radical (unpaired) electrons. The van der Waals surface area contributed by atoms with E-state index in [4.69, 9.17) is 4.74 Å². The highest BCUT2D eigenvalue weighted by Crippen LogP contribution is 2.26. The normalized spacial score (nSPS) is 22.8. The summed E-state index contributed by atoms with van der Waals surface area (Å²) in [4.78, 5) is 0.956. The highest BCUT2D eigenvalue weighted by Gasteiger charge is 2.34. The summed E-state index contributed by atoms with van der Waals surface area (Å²) in [7, 11) is -3.49. The van der Waals surface area contributed by atoms with Crippen LogP contribution in [0.5, 0.6) is 0 Å². The van der Waals surface area contributed by atoms with E-state index < -0.39 is 16.1 Å². The molecule has 1 aliphatic rings. The third-order valence-corrected chi connectivity index (χ3v) is 6.08. The summed E-state index contributed by atoms with van der Waals surface area (Å²) in [5.41, 5.74) is 0. The maximum Gasteiger partial charge on any atom is 0.253 e. The van der Waals surface area contributed by atoms with Crippen molar-refractivity contribution >= 4 is 21.4 Å². The first-order chi connectivity index (χ1) is 8.05. The molecule has 7 heteroatoms. The van der Waals surface area contributed by atoms with E-state index in [1.54, 1.807) is 12.1 Å². The van der Waals surface area contributed by atoms with Crippen molar-refractivity contribution in [2.75, 3.05) is 26.4 Å². The zero-order valence-electron chi connectivity index (χ0n) is 9.50. The standard InChI is InChI=1S/C10H15NO4S2/c1-8-2-3-10(16-8)17(13,14)11-4-5-15-7-9(11)6-12/h2-3,9,12H,4-7H2,1H3. The Morgan fingerprint density at radius 2 is 2.35 bits per heavy atom. The number of sulfonamides is 1. The van der Waals surface area contributed by atoms with Crippen LogP contribution in [-0.2, 0) is 14.8 Å². The Balaban J connectivity index is 2.30. The highest BCUT2D eigenvalue weighted by atomic mass is 32.2. The number of rotatable bonds is 3. The summed E-state index contributed by atoms with van der Waals surface area (Å²) in [6.45, 7) is 2.57. The van der Waals surface area contributed by atoms with Gasteiger partial charge in [0.1, 0.15) is 4.21 Å². The maximum absolute atomic E-state index is 12.3. The van der Waals surface area contributed by atoms with Gasteiger partial charge in [-0.2, -0.15) is 4.31 Å². The van der Waals surface area contributed by atoms with Crippen molar-refractivity contribution in [1.29, 1.82) is 0 Å². The van der Waals surface area contributed by atoms with E-state index in [0.717, 1.165) is 4.88 Å². The summed E-state index contributed by atoms with van der Waals surface area (Å²) in [6.07, 6.45) is 0. The lowest BCUT2D eigenvalue weighted by Crippen LogP contribution is -2.50. The van der Waals surface area contributed by atoms with Gasteiger partial charge in [-0.3, -0.25) is 0 Å². The van der Waals surface area contributed by atoms with Crippen molar-refractivity contribution in [2.24, 2.45) is 0 Å². The Hall–Kier alpha value is -0.470. The van der Waals surface area contributed by atoms with E-state index in [-0.39, 0.29) is 13.2 Å². The van der Waals surface area contributed by atoms with E-state index in [0.29, 0.717) is 17.4 Å². The molecule has 2 rings (SSSR count). The van der Waals surface area contributed by atoms with Gasteiger partial charge in [0.25, 0.3) is 10.0 Å². The van der Waals surface area contributed by atoms with E-state index >= 15 is 0 Å². The zero-order valence-corrected chi connectivity index (χ0v) is 11.1. The SMILES string of the molecule is Cc1ccc(S(=O)(=O)N2CCOCC2CO)s1. The van der Waals surface area contributed by atoms with E-state index in [2.05, 4.69) is 0 Å². The summed E-state index contributed by atoms with van der Waals surface area (Å²) >= 11 is 1.25. The predicted molar refractivity (Wildman–Crippen MR) is 64.6 cm³/mol. The molecule has 0 saturated carbocycles. The molecule has 1 aliphatic heterocycles. The largest absolute Gasteiger partial charge is 0.395 e. The Morgan fingerprint density at radius 1 is 1.59 bits per heavy atom. The van der Waals surface area contributed by atoms with Gasteiger partial charge in [-0.05, 0) is 19.1 Å². The minimum absolute atomic E-state index is 0.219. The van der Waals surface area contributed by atoms with Gasteiger partial charge in [0, 0.05) is 11.4 Å². The Kier molecular flexibility index (Phi) is 3.84. The molecular weight excluding hydrogens is 262 g/mol. The zero-order chi connectivity index (χ0) is 12.5. The van der Waals surface area contributed by atoms with Gasteiger partial charge < -0.3 is 9.84 Å². The molecule has 1 aromatic rings. The first kappa shape index (κ1) is 13.0. The number of hydrogen-bond donors (Lipinski definition) is 1. The van der Waals surface area contributed by atoms with Crippen LogP contribution in [0.1, 0.15) is 4.88 Å². The third kappa shape index (κ3) is 2.53. The third-order valence-electron chi connectivity index (χ3n) is 2.66. The van der Waals surface area contributed by atoms with Crippen LogP contribution in [0.25, 0.3) is 0 Å². The predicted octanol–water partition coefficient (Wildman–Crippen LogP) is 0.438. The second-order valence-electron chi connectivity index (χ2n) is 3.89. The molecule has 0 bridgehead atoms. The average Bonchev–Trinajstić information content (AvgIpc) is 2.76. The van der Waals surface area contributed by atoms with Crippen LogP contribution < -0.4 is 0 Å². The van der Waals surface area contributed by atoms with Crippen molar-refractivity contribution in [3.8, 4) is 0 Å². The van der Waals surface area contributed by atoms with Crippen LogP contribution in [0, 0.1) is 6.92 Å². The Morgan fingerprint density at radius 3 is 2.94 bits per heavy atom. The van der Waals surface area contributed by atoms with Gasteiger partial charge >= 0.3 is 0 Å². The van der Waals surface area contributed by atoms with E-state index in [9.17, 15) is 13.5 Å². The molecule has 0 amide bonds. The molecule has 1 saturated heterocycles. The number of thiophene rings is 1. The molecule has 1 N–H and O–H groups in total. The van der Waals surface area contributed by atoms with Gasteiger partial charge in [0.2, 0.25) is 0 Å². The summed E-state index contributed by atoms with van der Waals surface area (Å²) < 4.78 is 31.5. The molecule has 96 valence electrons. The van der Waals surface area contributed by atoms with Crippen LogP contribution >= 0.6 is 11.3 Å². The lowest BCUT2D eigenvalue weighted by Gasteiger charge is -2.32. The fraction of sp³-hybridized carbons (Fsp3) is 0.600. The van der Waals surface area contributed by atoms with E-state index in [1.807, 2.05) is 6.92 Å². The molecule has 5 nitrogen and oxygen atoms in total. The number of ether oxygens (including phenoxy) is 1. The maximum atomic E-state index is 12.3. The molecular formula is C10H15NO4S2. The lowest BCUT2D eigenvalue weighted by molar-refractivity contribution is 0.0110. The second-order valence-corrected chi connectivity index (χ2v) is 7.30. The van der Waals surface area contributed by atoms with Gasteiger partial charge in [0.05, 0.1) is 25.9 Å². The monoisotopic (exact) mass is 277 g/mol. The van der Waals surface area contributed by atoms with Crippen LogP contribution in [0.4, 0.5) is 0 Å². The van der Waals surface area contributed by atoms with Gasteiger partial charge in [0.15, 0.2) is 0 Å². The summed E-state index contributed by atoms with van der Waals surface area (Å²) in [5.74, 6) is 0. The number of aliphatic hydroxyl groups excluding tert-OH is 1. The number of hydrogen-bond acceptors (Lipinski definition) is 5. The van der Waals surface area contributed by atoms with Gasteiger partial charge in [-0.1, -0.05) is 0 Å². The quantitative estimate of drug-likeness (QED) is 0.870. The first-order valence-electron chi connectivity index (χ1n) is 5.32. The minimum atomic E-state index is -3.49. The molecule has 2 heterocycles. The van der Waals surface area contributed by atoms with Crippen LogP contribution in [-0.4, -0.2) is 50.2 Å². The van der Waals surface area contributed by atoms with Crippen molar-refractivity contribution in [2.45, 2.75) is 17.2 Å². The molecule has 1 fully saturated rings. The fourth-order valence-corrected chi connectivity index (χ4v) is 4.76. The second kappa shape index (κ2) is 5.03. The molecule has 17 heavy (non-hydrogen) atoms. The molecule has 1 unspecified atom stereocenters. The smallest absolute Gasteiger partial charge is 0.253 e. The van der Waals surface area contributed by atoms with Crippen molar-refractivity contribution in [3.63, 3.8) is 0 Å². The number of morpholine rings is 1. The van der Waals surface area contributed by atoms with Gasteiger partial charge in [-0.25, -0.2) is 8.42 Å². The first-order valence-corrected chi connectivity index (χ1v) is 7.58. The molecule has 1 aromatic heterocycles. The summed E-state index contributed by atoms with van der Waals surface area (Å²) in [5, 5.41) is 9.19. The van der Waals surface area contributed by atoms with Crippen LogP contribution in [0.2, 0.25) is 0 Å². The van der Waals surface area contributed by atoms with Gasteiger partial charge in [-0.15, -0.1) is 11.3 Å². The summed E-state index contributed by atoms with van der Waals surface area (Å²) in [6, 6.07) is 2.92. The Labute approximate surface area is 105 Å². The average molecular weight is 277 g/mol. The number of aryl methyl sites for hydroxylation is 1. The Bertz CT molecular complexity index is 482. The minimum Gasteiger partial charge on any atom is -0.395 e. The van der Waals surface area contributed by atoms with E-state index in [1.165, 1.54) is 15.6 Å². The molecule has 0 aromatic carbocycles. The van der Waals surface area contributed by atoms with Crippen LogP contribution in [0.15, 0.2) is 16.3 Å². The lowest BCUT2D eigenvalue weighted by atomic mass is 10.3. The highest BCUT2D eigenvalue weighted by molar-refractivity contribution is 7.91. The topological polar surface area (TPSA) is 66.8 Å². The van der Waals surface area contributed by atoms with Crippen LogP contribution in [0.3, 0.4) is 0 Å². The van der Waals surface area contributed by atoms with Crippen molar-refractivity contribution < 1.29 is 18.3 Å². The molecule has 1 atom stereocenters. The van der Waals surface area contributed by atoms with Crippen molar-refractivity contribution in [3.05, 3.63) is 17.0 Å². The van der Waals surface area contributed by atoms with Crippen molar-refractivity contribution in [1.82, 2.24) is 4.31 Å². The fourth-order valence-electron chi connectivity index (χ4n) is 1.77. The number of nitrogens with zero attached hydrogens (tertiary/aromatic N) is 1. The molecule has 0 spiro atoms. The number of aliphatic hydroxyl groups is 1.